The van der Waals surface area contributed by atoms with Gasteiger partial charge in [-0.05, 0) is 0 Å². The summed E-state index contributed by atoms with van der Waals surface area (Å²) < 4.78 is 0. The fraction of sp³-hybridized carbons (Fsp3) is 0. The molecule has 0 aliphatic heterocycles. The Balaban J connectivity index is 0. The SMILES string of the molecule is [Ag+].[Al+3].[F-].[I-]. The molecule has 0 aromatic carbocycles. The van der Waals surface area contributed by atoms with Crippen LogP contribution in [0.2, 0.25) is 0 Å². The topological polar surface area (TPSA) is 0 Å². The van der Waals surface area contributed by atoms with Crippen LogP contribution in [0, 0.1) is 0 Å². The van der Waals surface area contributed by atoms with E-state index in [-0.39, 0.29) is 68.4 Å². The van der Waals surface area contributed by atoms with Crippen molar-refractivity contribution in [2.75, 3.05) is 0 Å². The van der Waals surface area contributed by atoms with Crippen LogP contribution < -0.4 is 28.7 Å². The third kappa shape index (κ3) is 9.06. The molecule has 0 radical (unpaired) electrons. The first-order valence-electron chi connectivity index (χ1n) is 0. The molecule has 0 unspecified atom stereocenters. The maximum Gasteiger partial charge on any atom is 3.00 e. The van der Waals surface area contributed by atoms with Crippen molar-refractivity contribution < 1.29 is 51.1 Å². The van der Waals surface area contributed by atoms with Gasteiger partial charge in [-0.25, -0.2) is 0 Å². The summed E-state index contributed by atoms with van der Waals surface area (Å²) in [5, 5.41) is 0. The van der Waals surface area contributed by atoms with Gasteiger partial charge in [0.25, 0.3) is 0 Å². The molecule has 0 N–H and O–H groups in total. The van der Waals surface area contributed by atoms with Crippen molar-refractivity contribution >= 4 is 17.4 Å². The van der Waals surface area contributed by atoms with Gasteiger partial charge in [0.05, 0.1) is 0 Å². The summed E-state index contributed by atoms with van der Waals surface area (Å²) in [6.45, 7) is 0. The van der Waals surface area contributed by atoms with Gasteiger partial charge in [-0.2, -0.15) is 0 Å². The quantitative estimate of drug-likeness (QED) is 0.306. The number of rotatable bonds is 0. The minimum atomic E-state index is 0. The Kier molecular flexibility index (Phi) is 197. The molecule has 0 aliphatic rings. The Morgan fingerprint density at radius 2 is 1.00 bits per heavy atom. The van der Waals surface area contributed by atoms with E-state index in [1.807, 2.05) is 0 Å². The van der Waals surface area contributed by atoms with E-state index in [9.17, 15) is 0 Å². The molecule has 4 heteroatoms. The summed E-state index contributed by atoms with van der Waals surface area (Å²) in [5.74, 6) is 0. The Bertz CT molecular complexity index is 8.00. The normalized spacial score (nSPS) is 0. The molecule has 0 atom stereocenters. The number of halogens is 2. The minimum absolute atomic E-state index is 0. The summed E-state index contributed by atoms with van der Waals surface area (Å²) in [4.78, 5) is 0. The van der Waals surface area contributed by atoms with E-state index in [0.29, 0.717) is 0 Å². The summed E-state index contributed by atoms with van der Waals surface area (Å²) in [6.07, 6.45) is 0. The van der Waals surface area contributed by atoms with E-state index >= 15 is 0 Å². The van der Waals surface area contributed by atoms with Crippen molar-refractivity contribution in [2.45, 2.75) is 0 Å². The molecule has 0 aliphatic carbocycles. The summed E-state index contributed by atoms with van der Waals surface area (Å²) in [7, 11) is 0. The molecule has 0 aromatic rings. The van der Waals surface area contributed by atoms with E-state index in [2.05, 4.69) is 0 Å². The van der Waals surface area contributed by atoms with Crippen LogP contribution in [0.4, 0.5) is 0 Å². The molecular formula is AgAlFI+2. The average molecular weight is 281 g/mol. The average Bonchev–Trinajstić information content (AvgIpc) is 0. The molecule has 0 saturated heterocycles. The first-order chi connectivity index (χ1) is 0. The van der Waals surface area contributed by atoms with Gasteiger partial charge in [-0.15, -0.1) is 0 Å². The Morgan fingerprint density at radius 3 is 1.00 bits per heavy atom. The number of hydrogen-bond donors (Lipinski definition) is 0. The summed E-state index contributed by atoms with van der Waals surface area (Å²) in [6, 6.07) is 0. The van der Waals surface area contributed by atoms with Crippen LogP contribution >= 0.6 is 0 Å². The van der Waals surface area contributed by atoms with Gasteiger partial charge in [-0.3, -0.25) is 0 Å². The molecule has 4 heavy (non-hydrogen) atoms. The molecule has 26 valence electrons. The van der Waals surface area contributed by atoms with Crippen LogP contribution in [0.3, 0.4) is 0 Å². The van der Waals surface area contributed by atoms with Gasteiger partial charge in [0, 0.05) is 0 Å². The Hall–Kier alpha value is 1.93. The number of hydrogen-bond acceptors (Lipinski definition) is 0. The second-order valence-electron chi connectivity index (χ2n) is 0. The standard InChI is InChI=1S/Ag.Al.FH.HI/h;;2*1H/q+1;+3;;/p-2. The molecule has 0 rings (SSSR count). The van der Waals surface area contributed by atoms with Crippen molar-refractivity contribution in [1.82, 2.24) is 0 Å². The predicted octanol–water partition coefficient (Wildman–Crippen LogP) is -6.38. The van der Waals surface area contributed by atoms with Crippen LogP contribution in [0.1, 0.15) is 0 Å². The zero-order valence-electron chi connectivity index (χ0n) is 1.63. The molecule has 0 aromatic heterocycles. The van der Waals surface area contributed by atoms with Gasteiger partial charge < -0.3 is 28.7 Å². The van der Waals surface area contributed by atoms with E-state index in [4.69, 9.17) is 0 Å². The van der Waals surface area contributed by atoms with Crippen LogP contribution in [0.25, 0.3) is 0 Å². The van der Waals surface area contributed by atoms with Crippen LogP contribution in [0.15, 0.2) is 0 Å². The Morgan fingerprint density at radius 1 is 1.00 bits per heavy atom. The molecule has 0 spiro atoms. The predicted molar refractivity (Wildman–Crippen MR) is 5.75 cm³/mol. The molecule has 0 amide bonds. The van der Waals surface area contributed by atoms with E-state index < -0.39 is 0 Å². The second kappa shape index (κ2) is 20.4. The first kappa shape index (κ1) is 38.6. The monoisotopic (exact) mass is 280 g/mol. The van der Waals surface area contributed by atoms with Crippen LogP contribution in [0.5, 0.6) is 0 Å². The smallest absolute Gasteiger partial charge is 1.00 e. The maximum absolute atomic E-state index is 0. The van der Waals surface area contributed by atoms with Crippen molar-refractivity contribution in [3.63, 3.8) is 0 Å². The molecule has 0 nitrogen and oxygen atoms in total. The molecule has 0 heterocycles. The zero-order valence-corrected chi connectivity index (χ0v) is 6.43. The fourth-order valence-corrected chi connectivity index (χ4v) is 0. The summed E-state index contributed by atoms with van der Waals surface area (Å²) >= 11 is 0. The van der Waals surface area contributed by atoms with Crippen LogP contribution in [-0.4, -0.2) is 17.4 Å². The largest absolute Gasteiger partial charge is 3.00 e. The minimum Gasteiger partial charge on any atom is -1.00 e. The third-order valence-electron chi connectivity index (χ3n) is 0. The van der Waals surface area contributed by atoms with Crippen molar-refractivity contribution in [3.05, 3.63) is 0 Å². The molecule has 0 fully saturated rings. The fourth-order valence-electron chi connectivity index (χ4n) is 0. The third-order valence-corrected chi connectivity index (χ3v) is 0. The second-order valence-corrected chi connectivity index (χ2v) is 0. The Labute approximate surface area is 67.7 Å². The maximum atomic E-state index is 0. The van der Waals surface area contributed by atoms with Gasteiger partial charge in [-0.1, -0.05) is 0 Å². The summed E-state index contributed by atoms with van der Waals surface area (Å²) in [5.41, 5.74) is 0. The van der Waals surface area contributed by atoms with Gasteiger partial charge in [0.2, 0.25) is 0 Å². The van der Waals surface area contributed by atoms with Crippen LogP contribution in [-0.2, 0) is 22.4 Å². The molecular weight excluding hydrogens is 281 g/mol. The first-order valence-corrected chi connectivity index (χ1v) is 0. The van der Waals surface area contributed by atoms with E-state index in [1.54, 1.807) is 0 Å². The van der Waals surface area contributed by atoms with Gasteiger partial charge in [0.1, 0.15) is 0 Å². The van der Waals surface area contributed by atoms with Gasteiger partial charge in [0.15, 0.2) is 0 Å². The molecule has 0 bridgehead atoms. The van der Waals surface area contributed by atoms with E-state index in [0.717, 1.165) is 0 Å². The van der Waals surface area contributed by atoms with E-state index in [1.165, 1.54) is 0 Å². The zero-order chi connectivity index (χ0) is 0. The molecule has 0 saturated carbocycles. The van der Waals surface area contributed by atoms with Crippen molar-refractivity contribution in [2.24, 2.45) is 0 Å². The van der Waals surface area contributed by atoms with Gasteiger partial charge >= 0.3 is 39.7 Å². The van der Waals surface area contributed by atoms with Crippen molar-refractivity contribution in [1.29, 1.82) is 0 Å². The van der Waals surface area contributed by atoms with Crippen molar-refractivity contribution in [3.8, 4) is 0 Å².